The molecule has 0 amide bonds. The Morgan fingerprint density at radius 2 is 2.24 bits per heavy atom. The van der Waals surface area contributed by atoms with Crippen molar-refractivity contribution in [3.05, 3.63) is 35.5 Å². The zero-order valence-electron chi connectivity index (χ0n) is 9.78. The molecule has 0 spiro atoms. The molecule has 2 rings (SSSR count). The Balaban J connectivity index is 2.34. The van der Waals surface area contributed by atoms with Gasteiger partial charge in [-0.3, -0.25) is 4.98 Å². The molecule has 0 unspecified atom stereocenters. The Hall–Kier alpha value is -1.32. The van der Waals surface area contributed by atoms with Crippen molar-refractivity contribution in [2.75, 3.05) is 11.9 Å². The molecule has 1 heterocycles. The van der Waals surface area contributed by atoms with Gasteiger partial charge >= 0.3 is 0 Å². The average molecular weight is 250 g/mol. The lowest BCUT2D eigenvalue weighted by molar-refractivity contribution is 0.717. The molecular formula is C13H16ClN3. The molecule has 0 radical (unpaired) electrons. The van der Waals surface area contributed by atoms with Gasteiger partial charge in [0.15, 0.2) is 0 Å². The van der Waals surface area contributed by atoms with Crippen LogP contribution in [-0.2, 0) is 0 Å². The molecule has 0 aliphatic carbocycles. The van der Waals surface area contributed by atoms with Crippen molar-refractivity contribution in [2.24, 2.45) is 5.73 Å². The molecule has 1 aromatic carbocycles. The number of hydrogen-bond donors (Lipinski definition) is 2. The lowest BCUT2D eigenvalue weighted by Gasteiger charge is -2.15. The van der Waals surface area contributed by atoms with E-state index >= 15 is 0 Å². The van der Waals surface area contributed by atoms with Gasteiger partial charge in [0.25, 0.3) is 0 Å². The summed E-state index contributed by atoms with van der Waals surface area (Å²) in [5.41, 5.74) is 7.53. The highest BCUT2D eigenvalue weighted by atomic mass is 35.5. The molecule has 0 bridgehead atoms. The van der Waals surface area contributed by atoms with Crippen molar-refractivity contribution < 1.29 is 0 Å². The second-order valence-electron chi connectivity index (χ2n) is 4.14. The first-order valence-corrected chi connectivity index (χ1v) is 6.09. The van der Waals surface area contributed by atoms with Gasteiger partial charge in [0.05, 0.1) is 5.52 Å². The predicted octanol–water partition coefficient (Wildman–Crippen LogP) is 3.04. The van der Waals surface area contributed by atoms with Crippen LogP contribution in [0, 0.1) is 0 Å². The van der Waals surface area contributed by atoms with E-state index in [0.717, 1.165) is 23.0 Å². The SMILES string of the molecule is C[C@H](CCN)Nc1ccnc2cc(Cl)ccc12. The average Bonchev–Trinajstić information content (AvgIpc) is 2.29. The number of halogens is 1. The summed E-state index contributed by atoms with van der Waals surface area (Å²) >= 11 is 5.95. The predicted molar refractivity (Wildman–Crippen MR) is 73.5 cm³/mol. The van der Waals surface area contributed by atoms with Gasteiger partial charge < -0.3 is 11.1 Å². The fourth-order valence-corrected chi connectivity index (χ4v) is 2.00. The summed E-state index contributed by atoms with van der Waals surface area (Å²) in [4.78, 5) is 4.31. The summed E-state index contributed by atoms with van der Waals surface area (Å²) in [6, 6.07) is 8.06. The molecule has 0 saturated heterocycles. The topological polar surface area (TPSA) is 50.9 Å². The summed E-state index contributed by atoms with van der Waals surface area (Å²) in [6.45, 7) is 2.80. The molecular weight excluding hydrogens is 234 g/mol. The number of benzene rings is 1. The monoisotopic (exact) mass is 249 g/mol. The van der Waals surface area contributed by atoms with Crippen LogP contribution in [0.1, 0.15) is 13.3 Å². The normalized spacial score (nSPS) is 12.6. The Kier molecular flexibility index (Phi) is 3.82. The van der Waals surface area contributed by atoms with Crippen molar-refractivity contribution in [1.29, 1.82) is 0 Å². The molecule has 3 nitrogen and oxygen atoms in total. The smallest absolute Gasteiger partial charge is 0.0737 e. The van der Waals surface area contributed by atoms with Gasteiger partial charge in [-0.2, -0.15) is 0 Å². The van der Waals surface area contributed by atoms with Gasteiger partial charge in [0.2, 0.25) is 0 Å². The molecule has 2 aromatic rings. The van der Waals surface area contributed by atoms with Crippen LogP contribution in [0.25, 0.3) is 10.9 Å². The molecule has 0 saturated carbocycles. The number of pyridine rings is 1. The fourth-order valence-electron chi connectivity index (χ4n) is 1.83. The minimum absolute atomic E-state index is 0.348. The molecule has 0 aliphatic heterocycles. The summed E-state index contributed by atoms with van der Waals surface area (Å²) in [5.74, 6) is 0. The van der Waals surface area contributed by atoms with Crippen LogP contribution >= 0.6 is 11.6 Å². The van der Waals surface area contributed by atoms with E-state index in [4.69, 9.17) is 17.3 Å². The van der Waals surface area contributed by atoms with Gasteiger partial charge in [-0.15, -0.1) is 0 Å². The van der Waals surface area contributed by atoms with Crippen LogP contribution in [0.15, 0.2) is 30.5 Å². The van der Waals surface area contributed by atoms with Gasteiger partial charge in [0, 0.05) is 28.3 Å². The number of hydrogen-bond acceptors (Lipinski definition) is 3. The van der Waals surface area contributed by atoms with E-state index in [1.165, 1.54) is 0 Å². The fraction of sp³-hybridized carbons (Fsp3) is 0.308. The Labute approximate surface area is 106 Å². The molecule has 4 heteroatoms. The first kappa shape index (κ1) is 12.1. The lowest BCUT2D eigenvalue weighted by atomic mass is 10.1. The van der Waals surface area contributed by atoms with E-state index in [1.54, 1.807) is 6.20 Å². The van der Waals surface area contributed by atoms with Crippen molar-refractivity contribution >= 4 is 28.2 Å². The van der Waals surface area contributed by atoms with Crippen LogP contribution in [-0.4, -0.2) is 17.6 Å². The minimum Gasteiger partial charge on any atom is -0.382 e. The zero-order chi connectivity index (χ0) is 12.3. The van der Waals surface area contributed by atoms with Gasteiger partial charge in [-0.25, -0.2) is 0 Å². The Morgan fingerprint density at radius 1 is 1.41 bits per heavy atom. The van der Waals surface area contributed by atoms with Gasteiger partial charge in [-0.05, 0) is 44.2 Å². The first-order valence-electron chi connectivity index (χ1n) is 5.71. The van der Waals surface area contributed by atoms with E-state index in [1.807, 2.05) is 24.3 Å². The maximum Gasteiger partial charge on any atom is 0.0737 e. The molecule has 3 N–H and O–H groups in total. The van der Waals surface area contributed by atoms with Crippen LogP contribution in [0.2, 0.25) is 5.02 Å². The Bertz CT molecular complexity index is 513. The highest BCUT2D eigenvalue weighted by Gasteiger charge is 2.05. The third kappa shape index (κ3) is 2.87. The van der Waals surface area contributed by atoms with Crippen LogP contribution < -0.4 is 11.1 Å². The third-order valence-electron chi connectivity index (χ3n) is 2.71. The van der Waals surface area contributed by atoms with Gasteiger partial charge in [0.1, 0.15) is 0 Å². The molecule has 0 aliphatic rings. The summed E-state index contributed by atoms with van der Waals surface area (Å²) in [7, 11) is 0. The number of fused-ring (bicyclic) bond motifs is 1. The van der Waals surface area contributed by atoms with E-state index < -0.39 is 0 Å². The maximum absolute atomic E-state index is 5.95. The number of nitrogens with two attached hydrogens (primary N) is 1. The first-order chi connectivity index (χ1) is 8.20. The number of aromatic nitrogens is 1. The van der Waals surface area contributed by atoms with Crippen molar-refractivity contribution in [2.45, 2.75) is 19.4 Å². The summed E-state index contributed by atoms with van der Waals surface area (Å²) < 4.78 is 0. The van der Waals surface area contributed by atoms with Crippen molar-refractivity contribution in [3.8, 4) is 0 Å². The van der Waals surface area contributed by atoms with Gasteiger partial charge in [-0.1, -0.05) is 11.6 Å². The largest absolute Gasteiger partial charge is 0.382 e. The number of nitrogens with zero attached hydrogens (tertiary/aromatic N) is 1. The zero-order valence-corrected chi connectivity index (χ0v) is 10.5. The number of nitrogens with one attached hydrogen (secondary N) is 1. The van der Waals surface area contributed by atoms with Crippen LogP contribution in [0.3, 0.4) is 0 Å². The highest BCUT2D eigenvalue weighted by Crippen LogP contribution is 2.24. The van der Waals surface area contributed by atoms with E-state index in [0.29, 0.717) is 17.6 Å². The van der Waals surface area contributed by atoms with Crippen molar-refractivity contribution in [3.63, 3.8) is 0 Å². The van der Waals surface area contributed by atoms with E-state index in [-0.39, 0.29) is 0 Å². The quantitative estimate of drug-likeness (QED) is 0.876. The standard InChI is InChI=1S/C13H16ClN3/c1-9(4-6-15)17-12-5-7-16-13-8-10(14)2-3-11(12)13/h2-3,5,7-9H,4,6,15H2,1H3,(H,16,17)/t9-/m1/s1. The molecule has 17 heavy (non-hydrogen) atoms. The lowest BCUT2D eigenvalue weighted by Crippen LogP contribution is -2.19. The molecule has 0 fully saturated rings. The second-order valence-corrected chi connectivity index (χ2v) is 4.58. The highest BCUT2D eigenvalue weighted by molar-refractivity contribution is 6.31. The number of rotatable bonds is 4. The molecule has 1 atom stereocenters. The van der Waals surface area contributed by atoms with E-state index in [9.17, 15) is 0 Å². The molecule has 90 valence electrons. The third-order valence-corrected chi connectivity index (χ3v) is 2.94. The second kappa shape index (κ2) is 5.34. The van der Waals surface area contributed by atoms with E-state index in [2.05, 4.69) is 17.2 Å². The van der Waals surface area contributed by atoms with Crippen molar-refractivity contribution in [1.82, 2.24) is 4.98 Å². The number of anilines is 1. The summed E-state index contributed by atoms with van der Waals surface area (Å²) in [5, 5.41) is 5.23. The minimum atomic E-state index is 0.348. The maximum atomic E-state index is 5.95. The summed E-state index contributed by atoms with van der Waals surface area (Å²) in [6.07, 6.45) is 2.73. The van der Waals surface area contributed by atoms with Crippen LogP contribution in [0.4, 0.5) is 5.69 Å². The Morgan fingerprint density at radius 3 is 3.00 bits per heavy atom. The van der Waals surface area contributed by atoms with Crippen LogP contribution in [0.5, 0.6) is 0 Å². The molecule has 1 aromatic heterocycles.